The fourth-order valence-electron chi connectivity index (χ4n) is 2.80. The second-order valence-corrected chi connectivity index (χ2v) is 5.48. The summed E-state index contributed by atoms with van der Waals surface area (Å²) >= 11 is 0. The highest BCUT2D eigenvalue weighted by atomic mass is 16.6. The van der Waals surface area contributed by atoms with Gasteiger partial charge in [0.15, 0.2) is 17.4 Å². The summed E-state index contributed by atoms with van der Waals surface area (Å²) in [5, 5.41) is 38.1. The summed E-state index contributed by atoms with van der Waals surface area (Å²) in [5.74, 6) is -1.73. The van der Waals surface area contributed by atoms with Gasteiger partial charge < -0.3 is 30.9 Å². The number of rotatable bonds is 4. The Morgan fingerprint density at radius 1 is 1.32 bits per heavy atom. The number of hydrogen-bond acceptors (Lipinski definition) is 9. The number of fused-ring (bicyclic) bond motifs is 1. The molecule has 0 aliphatic carbocycles. The van der Waals surface area contributed by atoms with Gasteiger partial charge in [-0.3, -0.25) is 19.1 Å². The van der Waals surface area contributed by atoms with Gasteiger partial charge in [0.2, 0.25) is 5.95 Å². The lowest BCUT2D eigenvalue weighted by Crippen LogP contribution is -2.36. The fraction of sp³-hybridized carbons (Fsp3) is 0.500. The quantitative estimate of drug-likeness (QED) is 0.314. The SMILES string of the molecule is Nc1nc2c(c(=O)[nH]1)n(CC(=O)O)c(=O)n2[C@@H]1O[C@H](CO)[C@@H](O)[C@H]1O. The molecular formula is C12H15N5O8. The molecule has 2 aromatic heterocycles. The summed E-state index contributed by atoms with van der Waals surface area (Å²) in [6.07, 6.45) is -5.80. The monoisotopic (exact) mass is 357 g/mol. The minimum Gasteiger partial charge on any atom is -0.480 e. The zero-order valence-corrected chi connectivity index (χ0v) is 12.6. The smallest absolute Gasteiger partial charge is 0.333 e. The van der Waals surface area contributed by atoms with E-state index >= 15 is 0 Å². The number of aromatic amines is 1. The van der Waals surface area contributed by atoms with E-state index in [1.54, 1.807) is 0 Å². The number of aliphatic hydroxyl groups excluding tert-OH is 3. The van der Waals surface area contributed by atoms with E-state index < -0.39 is 54.9 Å². The first-order valence-electron chi connectivity index (χ1n) is 7.11. The Morgan fingerprint density at radius 2 is 2.00 bits per heavy atom. The van der Waals surface area contributed by atoms with E-state index in [0.717, 1.165) is 4.57 Å². The molecule has 3 rings (SSSR count). The lowest BCUT2D eigenvalue weighted by atomic mass is 10.1. The molecule has 13 nitrogen and oxygen atoms in total. The van der Waals surface area contributed by atoms with Crippen LogP contribution in [0.5, 0.6) is 0 Å². The highest BCUT2D eigenvalue weighted by Crippen LogP contribution is 2.30. The van der Waals surface area contributed by atoms with Crippen molar-refractivity contribution < 1.29 is 30.0 Å². The normalized spacial score (nSPS) is 26.4. The Kier molecular flexibility index (Phi) is 4.08. The van der Waals surface area contributed by atoms with Crippen molar-refractivity contribution in [1.29, 1.82) is 0 Å². The third-order valence-corrected chi connectivity index (χ3v) is 3.89. The van der Waals surface area contributed by atoms with Crippen LogP contribution in [0.1, 0.15) is 6.23 Å². The van der Waals surface area contributed by atoms with Gasteiger partial charge in [-0.2, -0.15) is 4.98 Å². The molecule has 1 aliphatic rings. The third kappa shape index (κ3) is 2.58. The highest BCUT2D eigenvalue weighted by molar-refractivity contribution is 5.75. The van der Waals surface area contributed by atoms with Gasteiger partial charge >= 0.3 is 11.7 Å². The van der Waals surface area contributed by atoms with Gasteiger partial charge in [0.05, 0.1) is 6.61 Å². The molecule has 25 heavy (non-hydrogen) atoms. The standard InChI is InChI=1S/C12H15N5O8/c13-11-14-8-5(9(23)15-11)16(1-4(19)20)12(24)17(8)10-7(22)6(21)3(2-18)25-10/h3,6-7,10,18,21-22H,1-2H2,(H,19,20)(H3,13,14,15,23)/t3-,6-,7-,10-/m1/s1. The van der Waals surface area contributed by atoms with Gasteiger partial charge in [0, 0.05) is 0 Å². The minimum absolute atomic E-state index is 0.317. The number of imidazole rings is 1. The van der Waals surface area contributed by atoms with Crippen LogP contribution in [0.15, 0.2) is 9.59 Å². The van der Waals surface area contributed by atoms with Crippen LogP contribution in [0.25, 0.3) is 11.2 Å². The van der Waals surface area contributed by atoms with E-state index in [1.807, 2.05) is 0 Å². The van der Waals surface area contributed by atoms with E-state index in [0.29, 0.717) is 4.57 Å². The van der Waals surface area contributed by atoms with Gasteiger partial charge in [-0.1, -0.05) is 0 Å². The number of anilines is 1. The van der Waals surface area contributed by atoms with Gasteiger partial charge in [-0.25, -0.2) is 9.36 Å². The Hall–Kier alpha value is -2.74. The van der Waals surface area contributed by atoms with Crippen LogP contribution in [0.2, 0.25) is 0 Å². The molecule has 0 spiro atoms. The number of carboxylic acid groups (broad SMARTS) is 1. The molecule has 2 aromatic rings. The Balaban J connectivity index is 2.29. The molecule has 0 aromatic carbocycles. The van der Waals surface area contributed by atoms with Crippen LogP contribution in [-0.2, 0) is 16.1 Å². The van der Waals surface area contributed by atoms with E-state index in [-0.39, 0.29) is 17.1 Å². The molecule has 0 bridgehead atoms. The van der Waals surface area contributed by atoms with E-state index in [4.69, 9.17) is 20.7 Å². The van der Waals surface area contributed by atoms with Crippen molar-refractivity contribution in [1.82, 2.24) is 19.1 Å². The number of carbonyl (C=O) groups is 1. The third-order valence-electron chi connectivity index (χ3n) is 3.89. The maximum Gasteiger partial charge on any atom is 0.333 e. The first-order chi connectivity index (χ1) is 11.8. The first-order valence-corrected chi connectivity index (χ1v) is 7.11. The van der Waals surface area contributed by atoms with Crippen molar-refractivity contribution in [3.05, 3.63) is 20.8 Å². The maximum absolute atomic E-state index is 12.6. The van der Waals surface area contributed by atoms with Crippen molar-refractivity contribution in [3.63, 3.8) is 0 Å². The maximum atomic E-state index is 12.6. The number of hydrogen-bond donors (Lipinski definition) is 6. The number of nitrogen functional groups attached to an aromatic ring is 1. The molecule has 1 aliphatic heterocycles. The summed E-state index contributed by atoms with van der Waals surface area (Å²) < 4.78 is 6.63. The summed E-state index contributed by atoms with van der Waals surface area (Å²) in [5.41, 5.74) is 2.92. The molecule has 7 N–H and O–H groups in total. The predicted molar refractivity (Wildman–Crippen MR) is 79.7 cm³/mol. The number of aliphatic hydroxyl groups is 3. The molecule has 4 atom stereocenters. The zero-order valence-electron chi connectivity index (χ0n) is 12.6. The van der Waals surface area contributed by atoms with Crippen molar-refractivity contribution in [2.75, 3.05) is 12.3 Å². The van der Waals surface area contributed by atoms with Crippen LogP contribution in [0.3, 0.4) is 0 Å². The molecular weight excluding hydrogens is 342 g/mol. The van der Waals surface area contributed by atoms with Crippen LogP contribution >= 0.6 is 0 Å². The van der Waals surface area contributed by atoms with Crippen LogP contribution < -0.4 is 17.0 Å². The van der Waals surface area contributed by atoms with Crippen LogP contribution in [-0.4, -0.2) is 70.4 Å². The molecule has 1 saturated heterocycles. The molecule has 0 amide bonds. The zero-order chi connectivity index (χ0) is 18.5. The van der Waals surface area contributed by atoms with Crippen molar-refractivity contribution >= 4 is 23.1 Å². The molecule has 0 unspecified atom stereocenters. The van der Waals surface area contributed by atoms with E-state index in [9.17, 15) is 24.6 Å². The molecule has 136 valence electrons. The minimum atomic E-state index is -1.62. The second kappa shape index (κ2) is 5.96. The highest BCUT2D eigenvalue weighted by Gasteiger charge is 2.45. The molecule has 1 fully saturated rings. The Labute approximate surface area is 137 Å². The van der Waals surface area contributed by atoms with E-state index in [2.05, 4.69) is 9.97 Å². The number of carboxylic acids is 1. The number of nitrogens with zero attached hydrogens (tertiary/aromatic N) is 3. The van der Waals surface area contributed by atoms with Gasteiger partial charge in [-0.15, -0.1) is 0 Å². The van der Waals surface area contributed by atoms with Crippen molar-refractivity contribution in [3.8, 4) is 0 Å². The largest absolute Gasteiger partial charge is 0.480 e. The first kappa shape index (κ1) is 17.1. The van der Waals surface area contributed by atoms with Gasteiger partial charge in [0.1, 0.15) is 24.9 Å². The topological polar surface area (TPSA) is 206 Å². The van der Waals surface area contributed by atoms with Crippen LogP contribution in [0.4, 0.5) is 5.95 Å². The van der Waals surface area contributed by atoms with Crippen molar-refractivity contribution in [2.45, 2.75) is 31.1 Å². The number of ether oxygens (including phenoxy) is 1. The predicted octanol–water partition coefficient (Wildman–Crippen LogP) is -3.84. The Bertz CT molecular complexity index is 945. The van der Waals surface area contributed by atoms with Gasteiger partial charge in [0.25, 0.3) is 5.56 Å². The average molecular weight is 357 g/mol. The Morgan fingerprint density at radius 3 is 2.56 bits per heavy atom. The molecule has 3 heterocycles. The summed E-state index contributed by atoms with van der Waals surface area (Å²) in [6.45, 7) is -1.47. The van der Waals surface area contributed by atoms with Crippen LogP contribution in [0, 0.1) is 0 Å². The number of H-pyrrole nitrogens is 1. The second-order valence-electron chi connectivity index (χ2n) is 5.48. The lowest BCUT2D eigenvalue weighted by Gasteiger charge is -2.15. The fourth-order valence-corrected chi connectivity index (χ4v) is 2.80. The molecule has 13 heteroatoms. The lowest BCUT2D eigenvalue weighted by molar-refractivity contribution is -0.137. The average Bonchev–Trinajstić information content (AvgIpc) is 2.95. The summed E-state index contributed by atoms with van der Waals surface area (Å²) in [7, 11) is 0. The molecule has 0 radical (unpaired) electrons. The number of aliphatic carboxylic acids is 1. The van der Waals surface area contributed by atoms with E-state index in [1.165, 1.54) is 0 Å². The number of nitrogens with one attached hydrogen (secondary N) is 1. The summed E-state index contributed by atoms with van der Waals surface area (Å²) in [6, 6.07) is 0. The van der Waals surface area contributed by atoms with Crippen molar-refractivity contribution in [2.24, 2.45) is 0 Å². The molecule has 0 saturated carbocycles. The van der Waals surface area contributed by atoms with Gasteiger partial charge in [-0.05, 0) is 0 Å². The number of nitrogens with two attached hydrogens (primary N) is 1. The summed E-state index contributed by atoms with van der Waals surface area (Å²) in [4.78, 5) is 41.7. The number of aromatic nitrogens is 4.